The lowest BCUT2D eigenvalue weighted by Crippen LogP contribution is -2.33. The lowest BCUT2D eigenvalue weighted by molar-refractivity contribution is 0.413. The van der Waals surface area contributed by atoms with Gasteiger partial charge in [-0.1, -0.05) is 29.8 Å². The molecule has 0 saturated heterocycles. The number of benzene rings is 3. The van der Waals surface area contributed by atoms with Gasteiger partial charge in [-0.15, -0.1) is 0 Å². The number of hydrogen-bond donors (Lipinski definition) is 0. The lowest BCUT2D eigenvalue weighted by Gasteiger charge is -2.31. The van der Waals surface area contributed by atoms with Crippen molar-refractivity contribution < 1.29 is 17.9 Å². The van der Waals surface area contributed by atoms with Gasteiger partial charge in [0.25, 0.3) is 10.0 Å². The highest BCUT2D eigenvalue weighted by atomic mass is 35.5. The minimum absolute atomic E-state index is 0.152. The van der Waals surface area contributed by atoms with Crippen LogP contribution in [-0.4, -0.2) is 22.6 Å². The molecule has 7 heteroatoms. The number of nitrogens with zero attached hydrogens (tertiary/aromatic N) is 1. The molecule has 0 N–H and O–H groups in total. The van der Waals surface area contributed by atoms with Gasteiger partial charge in [0.05, 0.1) is 30.8 Å². The summed E-state index contributed by atoms with van der Waals surface area (Å²) in [4.78, 5) is 0.152. The smallest absolute Gasteiger partial charge is 0.264 e. The number of hydrogen-bond acceptors (Lipinski definition) is 4. The van der Waals surface area contributed by atoms with Crippen molar-refractivity contribution in [2.75, 3.05) is 18.5 Å². The summed E-state index contributed by atoms with van der Waals surface area (Å²) in [6.07, 6.45) is 0. The third-order valence-electron chi connectivity index (χ3n) is 4.61. The number of methoxy groups -OCH3 is 2. The normalized spacial score (nSPS) is 12.3. The van der Waals surface area contributed by atoms with E-state index in [-0.39, 0.29) is 4.90 Å². The Morgan fingerprint density at radius 2 is 1.45 bits per heavy atom. The average Bonchev–Trinajstić information content (AvgIpc) is 2.74. The molecule has 0 bridgehead atoms. The van der Waals surface area contributed by atoms with Crippen LogP contribution in [0.5, 0.6) is 11.5 Å². The molecule has 3 aromatic rings. The Kier molecular flexibility index (Phi) is 6.35. The summed E-state index contributed by atoms with van der Waals surface area (Å²) in [6, 6.07) is 20.0. The first kappa shape index (κ1) is 21.0. The topological polar surface area (TPSA) is 55.8 Å². The summed E-state index contributed by atoms with van der Waals surface area (Å²) >= 11 is 5.95. The van der Waals surface area contributed by atoms with Gasteiger partial charge in [-0.2, -0.15) is 0 Å². The van der Waals surface area contributed by atoms with Gasteiger partial charge in [0.2, 0.25) is 0 Å². The van der Waals surface area contributed by atoms with Gasteiger partial charge in [-0.3, -0.25) is 4.31 Å². The molecule has 0 saturated carbocycles. The Labute approximate surface area is 176 Å². The van der Waals surface area contributed by atoms with Crippen LogP contribution in [0.1, 0.15) is 18.5 Å². The van der Waals surface area contributed by atoms with Gasteiger partial charge in [0, 0.05) is 11.1 Å². The number of anilines is 1. The molecule has 1 atom stereocenters. The van der Waals surface area contributed by atoms with Crippen molar-refractivity contribution in [3.63, 3.8) is 0 Å². The van der Waals surface area contributed by atoms with Crippen LogP contribution in [0.3, 0.4) is 0 Å². The summed E-state index contributed by atoms with van der Waals surface area (Å²) in [5, 5.41) is 0.470. The molecule has 0 aromatic heterocycles. The third-order valence-corrected chi connectivity index (χ3v) is 6.77. The largest absolute Gasteiger partial charge is 0.497 e. The summed E-state index contributed by atoms with van der Waals surface area (Å²) in [6.45, 7) is 1.84. The maximum Gasteiger partial charge on any atom is 0.264 e. The fourth-order valence-corrected chi connectivity index (χ4v) is 4.84. The van der Waals surface area contributed by atoms with E-state index in [9.17, 15) is 8.42 Å². The maximum atomic E-state index is 13.6. The number of rotatable bonds is 7. The summed E-state index contributed by atoms with van der Waals surface area (Å²) in [7, 11) is -0.763. The first-order valence-corrected chi connectivity index (χ1v) is 10.8. The summed E-state index contributed by atoms with van der Waals surface area (Å²) in [5.74, 6) is 1.22. The van der Waals surface area contributed by atoms with E-state index in [1.165, 1.54) is 16.4 Å². The van der Waals surface area contributed by atoms with Crippen molar-refractivity contribution in [3.05, 3.63) is 83.4 Å². The molecule has 0 unspecified atom stereocenters. The van der Waals surface area contributed by atoms with Gasteiger partial charge in [-0.05, 0) is 61.0 Å². The van der Waals surface area contributed by atoms with Gasteiger partial charge < -0.3 is 9.47 Å². The molecule has 0 aliphatic rings. The van der Waals surface area contributed by atoms with Crippen LogP contribution >= 0.6 is 11.6 Å². The van der Waals surface area contributed by atoms with Crippen molar-refractivity contribution in [1.29, 1.82) is 0 Å². The number of sulfonamides is 1. The maximum absolute atomic E-state index is 13.6. The second kappa shape index (κ2) is 8.76. The fourth-order valence-electron chi connectivity index (χ4n) is 3.08. The van der Waals surface area contributed by atoms with Gasteiger partial charge in [0.15, 0.2) is 0 Å². The first-order valence-electron chi connectivity index (χ1n) is 8.95. The Morgan fingerprint density at radius 1 is 0.862 bits per heavy atom. The van der Waals surface area contributed by atoms with Gasteiger partial charge >= 0.3 is 0 Å². The zero-order valence-corrected chi connectivity index (χ0v) is 17.9. The van der Waals surface area contributed by atoms with E-state index in [1.54, 1.807) is 50.6 Å². The molecule has 3 rings (SSSR count). The number of ether oxygens (including phenoxy) is 2. The predicted octanol–water partition coefficient (Wildman–Crippen LogP) is 5.31. The quantitative estimate of drug-likeness (QED) is 0.508. The molecule has 152 valence electrons. The van der Waals surface area contributed by atoms with Crippen LogP contribution in [0, 0.1) is 0 Å². The van der Waals surface area contributed by atoms with Crippen LogP contribution in [0.25, 0.3) is 0 Å². The number of halogens is 1. The van der Waals surface area contributed by atoms with E-state index >= 15 is 0 Å². The van der Waals surface area contributed by atoms with E-state index in [4.69, 9.17) is 21.1 Å². The summed E-state index contributed by atoms with van der Waals surface area (Å²) in [5.41, 5.74) is 1.29. The fraction of sp³-hybridized carbons (Fsp3) is 0.182. The van der Waals surface area contributed by atoms with Crippen molar-refractivity contribution in [2.45, 2.75) is 17.9 Å². The molecule has 5 nitrogen and oxygen atoms in total. The van der Waals surface area contributed by atoms with Gasteiger partial charge in [0.1, 0.15) is 11.5 Å². The lowest BCUT2D eigenvalue weighted by atomic mass is 10.1. The molecule has 0 fully saturated rings. The van der Waals surface area contributed by atoms with Crippen LogP contribution < -0.4 is 13.8 Å². The first-order chi connectivity index (χ1) is 13.9. The Balaban J connectivity index is 2.16. The molecule has 3 aromatic carbocycles. The van der Waals surface area contributed by atoms with Crippen molar-refractivity contribution in [2.24, 2.45) is 0 Å². The van der Waals surface area contributed by atoms with Crippen LogP contribution in [0.2, 0.25) is 5.02 Å². The molecule has 0 aliphatic heterocycles. The summed E-state index contributed by atoms with van der Waals surface area (Å²) < 4.78 is 39.2. The van der Waals surface area contributed by atoms with Gasteiger partial charge in [-0.25, -0.2) is 8.42 Å². The highest BCUT2D eigenvalue weighted by Crippen LogP contribution is 2.36. The molecule has 0 spiro atoms. The average molecular weight is 432 g/mol. The minimum atomic E-state index is -3.88. The Hall–Kier alpha value is -2.70. The minimum Gasteiger partial charge on any atom is -0.497 e. The zero-order chi connectivity index (χ0) is 21.0. The second-order valence-electron chi connectivity index (χ2n) is 6.41. The van der Waals surface area contributed by atoms with Crippen LogP contribution in [0.15, 0.2) is 77.7 Å². The van der Waals surface area contributed by atoms with E-state index in [0.29, 0.717) is 22.2 Å². The molecule has 29 heavy (non-hydrogen) atoms. The second-order valence-corrected chi connectivity index (χ2v) is 8.66. The van der Waals surface area contributed by atoms with Crippen LogP contribution in [0.4, 0.5) is 5.69 Å². The highest BCUT2D eigenvalue weighted by molar-refractivity contribution is 7.92. The van der Waals surface area contributed by atoms with Crippen molar-refractivity contribution >= 4 is 27.3 Å². The van der Waals surface area contributed by atoms with E-state index in [2.05, 4.69) is 0 Å². The Bertz CT molecular complexity index is 1080. The highest BCUT2D eigenvalue weighted by Gasteiger charge is 2.31. The zero-order valence-electron chi connectivity index (χ0n) is 16.4. The molecule has 0 amide bonds. The molecular formula is C22H22ClNO4S. The molecule has 0 aliphatic carbocycles. The standard InChI is InChI=1S/C22H22ClNO4S/c1-16(17-6-4-8-20(14-17)27-2)24(19-7-5-9-21(15-19)28-3)29(25,26)22-12-10-18(23)11-13-22/h4-16H,1-3H3/t16-/m0/s1. The molecule has 0 radical (unpaired) electrons. The molecule has 0 heterocycles. The van der Waals surface area contributed by atoms with Crippen molar-refractivity contribution in [1.82, 2.24) is 0 Å². The SMILES string of the molecule is COc1cccc([C@H](C)N(c2cccc(OC)c2)S(=O)(=O)c2ccc(Cl)cc2)c1. The van der Waals surface area contributed by atoms with E-state index < -0.39 is 16.1 Å². The monoisotopic (exact) mass is 431 g/mol. The Morgan fingerprint density at radius 3 is 2.07 bits per heavy atom. The third kappa shape index (κ3) is 4.49. The van der Waals surface area contributed by atoms with Crippen LogP contribution in [-0.2, 0) is 10.0 Å². The van der Waals surface area contributed by atoms with E-state index in [0.717, 1.165) is 5.56 Å². The molecular weight excluding hydrogens is 410 g/mol. The van der Waals surface area contributed by atoms with Crippen molar-refractivity contribution in [3.8, 4) is 11.5 Å². The van der Waals surface area contributed by atoms with E-state index in [1.807, 2.05) is 31.2 Å². The predicted molar refractivity (Wildman–Crippen MR) is 116 cm³/mol.